The van der Waals surface area contributed by atoms with E-state index in [4.69, 9.17) is 14.6 Å². The summed E-state index contributed by atoms with van der Waals surface area (Å²) in [5.41, 5.74) is 6.39. The Morgan fingerprint density at radius 1 is 0.828 bits per heavy atom. The van der Waals surface area contributed by atoms with Gasteiger partial charge in [-0.2, -0.15) is 5.10 Å². The van der Waals surface area contributed by atoms with Crippen molar-refractivity contribution in [2.24, 2.45) is 0 Å². The summed E-state index contributed by atoms with van der Waals surface area (Å²) in [5, 5.41) is 25.4. The van der Waals surface area contributed by atoms with Gasteiger partial charge in [0.2, 0.25) is 5.89 Å². The van der Waals surface area contributed by atoms with Crippen LogP contribution >= 0.6 is 0 Å². The number of aliphatic hydroxyl groups excluding tert-OH is 2. The molecular formula is C23H29IrN2O3-. The standard InChI is InChI=1S/C18H17N2O.C5H12O2.Ir/c1-11-5-12(2)8-15(7-11)17-19-20-18(21-17)16-9-13(3)6-14(4)10-16;1-4(6)3-5(2)7;/h5-9H,1-4H3;4-7H,3H2,1-2H3;/q-1;;. The van der Waals surface area contributed by atoms with Gasteiger partial charge in [-0.25, -0.2) is 0 Å². The SMILES string of the molecule is CC(O)CC(C)O.Cc1[c-]c(-c2nnc(-c3cc(C)cc(C)c3)o2)cc(C)c1.[Ir]. The molecule has 3 rings (SSSR count). The predicted molar refractivity (Wildman–Crippen MR) is 111 cm³/mol. The molecule has 0 saturated heterocycles. The van der Waals surface area contributed by atoms with Crippen LogP contribution in [0.15, 0.2) is 34.7 Å². The molecule has 1 aromatic heterocycles. The second-order valence-electron chi connectivity index (χ2n) is 7.48. The van der Waals surface area contributed by atoms with Crippen molar-refractivity contribution in [3.63, 3.8) is 0 Å². The van der Waals surface area contributed by atoms with Crippen molar-refractivity contribution in [3.05, 3.63) is 58.7 Å². The number of aliphatic hydroxyl groups is 2. The van der Waals surface area contributed by atoms with E-state index in [1.807, 2.05) is 19.9 Å². The second kappa shape index (κ2) is 11.4. The maximum atomic E-state index is 8.56. The van der Waals surface area contributed by atoms with E-state index in [0.717, 1.165) is 22.3 Å². The van der Waals surface area contributed by atoms with E-state index in [0.29, 0.717) is 18.2 Å². The quantitative estimate of drug-likeness (QED) is 0.447. The smallest absolute Gasteiger partial charge is 0.237 e. The van der Waals surface area contributed by atoms with Crippen LogP contribution in [0.3, 0.4) is 0 Å². The molecule has 159 valence electrons. The molecule has 2 unspecified atom stereocenters. The summed E-state index contributed by atoms with van der Waals surface area (Å²) in [4.78, 5) is 0. The zero-order valence-electron chi connectivity index (χ0n) is 17.8. The Kier molecular flexibility index (Phi) is 9.87. The van der Waals surface area contributed by atoms with E-state index in [2.05, 4.69) is 54.4 Å². The molecule has 5 nitrogen and oxygen atoms in total. The fourth-order valence-corrected chi connectivity index (χ4v) is 3.05. The van der Waals surface area contributed by atoms with E-state index >= 15 is 0 Å². The summed E-state index contributed by atoms with van der Waals surface area (Å²) >= 11 is 0. The van der Waals surface area contributed by atoms with Crippen LogP contribution in [0, 0.1) is 33.8 Å². The van der Waals surface area contributed by atoms with E-state index < -0.39 is 0 Å². The summed E-state index contributed by atoms with van der Waals surface area (Å²) in [6.45, 7) is 11.5. The molecular weight excluding hydrogens is 544 g/mol. The number of rotatable bonds is 4. The molecule has 0 spiro atoms. The minimum Gasteiger partial charge on any atom is -0.464 e. The Hall–Kier alpha value is -1.85. The number of nitrogens with zero attached hydrogens (tertiary/aromatic N) is 2. The van der Waals surface area contributed by atoms with Crippen LogP contribution in [0.2, 0.25) is 0 Å². The molecule has 0 aliphatic rings. The van der Waals surface area contributed by atoms with Crippen molar-refractivity contribution >= 4 is 0 Å². The van der Waals surface area contributed by atoms with Gasteiger partial charge in [-0.3, -0.25) is 0 Å². The Morgan fingerprint density at radius 3 is 1.83 bits per heavy atom. The largest absolute Gasteiger partial charge is 0.464 e. The van der Waals surface area contributed by atoms with Gasteiger partial charge < -0.3 is 14.6 Å². The summed E-state index contributed by atoms with van der Waals surface area (Å²) < 4.78 is 5.82. The minimum atomic E-state index is -0.375. The summed E-state index contributed by atoms with van der Waals surface area (Å²) in [6.07, 6.45) is -0.278. The van der Waals surface area contributed by atoms with Crippen LogP contribution in [0.25, 0.3) is 22.9 Å². The van der Waals surface area contributed by atoms with Gasteiger partial charge in [-0.15, -0.1) is 34.4 Å². The van der Waals surface area contributed by atoms with E-state index in [9.17, 15) is 0 Å². The number of hydrogen-bond acceptors (Lipinski definition) is 5. The number of aromatic nitrogens is 2. The molecule has 1 radical (unpaired) electrons. The predicted octanol–water partition coefficient (Wildman–Crippen LogP) is 4.57. The summed E-state index contributed by atoms with van der Waals surface area (Å²) in [5.74, 6) is 1.06. The third-order valence-electron chi connectivity index (χ3n) is 3.95. The van der Waals surface area contributed by atoms with E-state index in [-0.39, 0.29) is 32.3 Å². The number of aryl methyl sites for hydroxylation is 4. The van der Waals surface area contributed by atoms with Gasteiger partial charge in [0, 0.05) is 25.7 Å². The molecule has 0 amide bonds. The molecule has 2 atom stereocenters. The van der Waals surface area contributed by atoms with Gasteiger partial charge in [0.05, 0.1) is 12.2 Å². The van der Waals surface area contributed by atoms with Crippen LogP contribution < -0.4 is 0 Å². The third-order valence-corrected chi connectivity index (χ3v) is 3.95. The van der Waals surface area contributed by atoms with Crippen LogP contribution in [0.5, 0.6) is 0 Å². The molecule has 6 heteroatoms. The van der Waals surface area contributed by atoms with Crippen LogP contribution in [0.4, 0.5) is 0 Å². The second-order valence-corrected chi connectivity index (χ2v) is 7.48. The number of hydrogen-bond donors (Lipinski definition) is 2. The van der Waals surface area contributed by atoms with Gasteiger partial charge >= 0.3 is 0 Å². The fraction of sp³-hybridized carbons (Fsp3) is 0.391. The Labute approximate surface area is 186 Å². The zero-order chi connectivity index (χ0) is 20.8. The third kappa shape index (κ3) is 8.19. The first-order valence-electron chi connectivity index (χ1n) is 9.43. The monoisotopic (exact) mass is 574 g/mol. The minimum absolute atomic E-state index is 0. The van der Waals surface area contributed by atoms with Gasteiger partial charge in [-0.1, -0.05) is 36.6 Å². The maximum Gasteiger partial charge on any atom is 0.237 e. The normalized spacial score (nSPS) is 12.4. The zero-order valence-corrected chi connectivity index (χ0v) is 20.2. The van der Waals surface area contributed by atoms with Gasteiger partial charge in [0.25, 0.3) is 0 Å². The van der Waals surface area contributed by atoms with Crippen molar-refractivity contribution in [1.29, 1.82) is 0 Å². The first-order chi connectivity index (χ1) is 13.1. The Morgan fingerprint density at radius 2 is 1.34 bits per heavy atom. The number of benzene rings is 2. The molecule has 0 fully saturated rings. The maximum absolute atomic E-state index is 8.56. The molecule has 1 heterocycles. The van der Waals surface area contributed by atoms with Crippen molar-refractivity contribution in [1.82, 2.24) is 10.2 Å². The first-order valence-corrected chi connectivity index (χ1v) is 9.43. The molecule has 0 aliphatic carbocycles. The fourth-order valence-electron chi connectivity index (χ4n) is 3.05. The molecule has 0 saturated carbocycles. The molecule has 0 aliphatic heterocycles. The van der Waals surface area contributed by atoms with Crippen LogP contribution in [-0.2, 0) is 20.1 Å². The van der Waals surface area contributed by atoms with E-state index in [1.54, 1.807) is 13.8 Å². The Bertz CT molecular complexity index is 808. The molecule has 29 heavy (non-hydrogen) atoms. The molecule has 0 bridgehead atoms. The topological polar surface area (TPSA) is 79.4 Å². The average molecular weight is 574 g/mol. The van der Waals surface area contributed by atoms with Crippen LogP contribution in [-0.4, -0.2) is 32.6 Å². The van der Waals surface area contributed by atoms with Crippen molar-refractivity contribution in [3.8, 4) is 22.9 Å². The van der Waals surface area contributed by atoms with Crippen LogP contribution in [0.1, 0.15) is 42.5 Å². The van der Waals surface area contributed by atoms with Crippen molar-refractivity contribution in [2.75, 3.05) is 0 Å². The van der Waals surface area contributed by atoms with Gasteiger partial charge in [-0.05, 0) is 46.2 Å². The first kappa shape index (κ1) is 25.2. The van der Waals surface area contributed by atoms with E-state index in [1.165, 1.54) is 11.1 Å². The van der Waals surface area contributed by atoms with Crippen molar-refractivity contribution < 1.29 is 34.7 Å². The van der Waals surface area contributed by atoms with Crippen molar-refractivity contribution in [2.45, 2.75) is 60.2 Å². The summed E-state index contributed by atoms with van der Waals surface area (Å²) in [7, 11) is 0. The average Bonchev–Trinajstić information content (AvgIpc) is 3.02. The Balaban J connectivity index is 0.000000456. The molecule has 2 N–H and O–H groups in total. The van der Waals surface area contributed by atoms with Gasteiger partial charge in [0.15, 0.2) is 5.89 Å². The molecule has 3 aromatic rings. The summed E-state index contributed by atoms with van der Waals surface area (Å²) in [6, 6.07) is 13.6. The molecule has 2 aromatic carbocycles. The van der Waals surface area contributed by atoms with Gasteiger partial charge in [0.1, 0.15) is 0 Å².